The van der Waals surface area contributed by atoms with Crippen LogP contribution in [0.5, 0.6) is 0 Å². The van der Waals surface area contributed by atoms with Crippen LogP contribution in [0.15, 0.2) is 0 Å². The van der Waals surface area contributed by atoms with Crippen molar-refractivity contribution in [3.05, 3.63) is 0 Å². The van der Waals surface area contributed by atoms with Crippen molar-refractivity contribution in [2.45, 2.75) is 24.6 Å². The predicted octanol–water partition coefficient (Wildman–Crippen LogP) is -0.0649. The van der Waals surface area contributed by atoms with Gasteiger partial charge in [0.25, 0.3) is 5.91 Å². The summed E-state index contributed by atoms with van der Waals surface area (Å²) in [6, 6.07) is -0.561. The number of rotatable bonds is 3. The Kier molecular flexibility index (Phi) is 2.62. The van der Waals surface area contributed by atoms with Crippen molar-refractivity contribution in [2.75, 3.05) is 13.3 Å². The minimum absolute atomic E-state index is 0.133. The maximum absolute atomic E-state index is 13.4. The Morgan fingerprint density at radius 3 is 2.83 bits per heavy atom. The summed E-state index contributed by atoms with van der Waals surface area (Å²) in [5.41, 5.74) is -2.11. The Hall–Kier alpha value is -0.710. The van der Waals surface area contributed by atoms with E-state index in [0.717, 1.165) is 0 Å². The van der Waals surface area contributed by atoms with E-state index in [1.165, 1.54) is 0 Å². The van der Waals surface area contributed by atoms with Gasteiger partial charge in [0.15, 0.2) is 5.67 Å². The molecule has 12 heavy (non-hydrogen) atoms. The zero-order valence-corrected chi connectivity index (χ0v) is 6.52. The molecule has 1 rings (SSSR count). The van der Waals surface area contributed by atoms with E-state index in [0.29, 0.717) is 0 Å². The Balaban J connectivity index is 2.61. The van der Waals surface area contributed by atoms with Crippen LogP contribution in [-0.4, -0.2) is 36.0 Å². The lowest BCUT2D eigenvalue weighted by Gasteiger charge is -2.12. The number of hydrogen-bond acceptors (Lipinski definition) is 2. The lowest BCUT2D eigenvalue weighted by Crippen LogP contribution is -2.34. The van der Waals surface area contributed by atoms with E-state index in [2.05, 4.69) is 5.32 Å². The van der Waals surface area contributed by atoms with Gasteiger partial charge in [-0.1, -0.05) is 0 Å². The fourth-order valence-electron chi connectivity index (χ4n) is 1.32. The van der Waals surface area contributed by atoms with E-state index in [1.807, 2.05) is 0 Å². The molecule has 0 aliphatic carbocycles. The first-order chi connectivity index (χ1) is 5.62. The molecule has 5 heteroatoms. The number of carbonyl (C=O) groups excluding carboxylic acids is 1. The molecular formula is C7H11F2NO2. The summed E-state index contributed by atoms with van der Waals surface area (Å²) in [4.78, 5) is 10.9. The molecule has 1 saturated heterocycles. The van der Waals surface area contributed by atoms with Gasteiger partial charge in [-0.25, -0.2) is 4.39 Å². The number of aliphatic hydroxyl groups excluding tert-OH is 1. The number of carbonyl (C=O) groups is 1. The molecule has 0 spiro atoms. The van der Waals surface area contributed by atoms with E-state index < -0.39 is 30.7 Å². The number of nitrogens with one attached hydrogen (secondary N) is 1. The fourth-order valence-corrected chi connectivity index (χ4v) is 1.32. The minimum Gasteiger partial charge on any atom is -0.394 e. The van der Waals surface area contributed by atoms with Gasteiger partial charge in [-0.05, 0) is 0 Å². The number of alkyl halides is 2. The van der Waals surface area contributed by atoms with Crippen LogP contribution < -0.4 is 5.32 Å². The number of amides is 1. The molecule has 2 atom stereocenters. The molecule has 3 nitrogen and oxygen atoms in total. The third kappa shape index (κ3) is 1.55. The van der Waals surface area contributed by atoms with Crippen molar-refractivity contribution >= 4 is 5.91 Å². The van der Waals surface area contributed by atoms with E-state index in [9.17, 15) is 13.6 Å². The molecule has 0 radical (unpaired) electrons. The topological polar surface area (TPSA) is 49.3 Å². The normalized spacial score (nSPS) is 35.2. The first-order valence-electron chi connectivity index (χ1n) is 3.79. The molecule has 1 heterocycles. The van der Waals surface area contributed by atoms with Crippen molar-refractivity contribution in [1.29, 1.82) is 0 Å². The molecule has 0 saturated carbocycles. The lowest BCUT2D eigenvalue weighted by atomic mass is 9.98. The maximum Gasteiger partial charge on any atom is 0.258 e. The molecule has 0 unspecified atom stereocenters. The molecule has 0 aromatic carbocycles. The van der Waals surface area contributed by atoms with Crippen LogP contribution in [0.2, 0.25) is 0 Å². The quantitative estimate of drug-likeness (QED) is 0.637. The summed E-state index contributed by atoms with van der Waals surface area (Å²) in [5, 5.41) is 10.9. The number of halogens is 2. The minimum atomic E-state index is -2.11. The van der Waals surface area contributed by atoms with Crippen molar-refractivity contribution in [3.8, 4) is 0 Å². The molecule has 0 aromatic heterocycles. The van der Waals surface area contributed by atoms with Gasteiger partial charge in [0.05, 0.1) is 19.3 Å². The van der Waals surface area contributed by atoms with Gasteiger partial charge < -0.3 is 10.4 Å². The van der Waals surface area contributed by atoms with Crippen molar-refractivity contribution in [1.82, 2.24) is 5.32 Å². The van der Waals surface area contributed by atoms with Crippen LogP contribution in [0.4, 0.5) is 8.78 Å². The van der Waals surface area contributed by atoms with E-state index in [1.54, 1.807) is 0 Å². The van der Waals surface area contributed by atoms with Crippen LogP contribution >= 0.6 is 0 Å². The van der Waals surface area contributed by atoms with E-state index in [4.69, 9.17) is 5.11 Å². The summed E-state index contributed by atoms with van der Waals surface area (Å²) in [6.45, 7) is -1.16. The Morgan fingerprint density at radius 2 is 2.42 bits per heavy atom. The number of aliphatic hydroxyl groups is 1. The second kappa shape index (κ2) is 3.35. The van der Waals surface area contributed by atoms with Gasteiger partial charge in [0.1, 0.15) is 0 Å². The molecule has 70 valence electrons. The molecule has 2 N–H and O–H groups in total. The summed E-state index contributed by atoms with van der Waals surface area (Å²) >= 11 is 0. The van der Waals surface area contributed by atoms with Gasteiger partial charge in [0, 0.05) is 12.8 Å². The summed E-state index contributed by atoms with van der Waals surface area (Å²) in [7, 11) is 0. The monoisotopic (exact) mass is 179 g/mol. The fraction of sp³-hybridized carbons (Fsp3) is 0.857. The number of hydrogen-bond donors (Lipinski definition) is 2. The average molecular weight is 179 g/mol. The third-order valence-corrected chi connectivity index (χ3v) is 2.02. The van der Waals surface area contributed by atoms with E-state index in [-0.39, 0.29) is 13.0 Å². The van der Waals surface area contributed by atoms with Crippen molar-refractivity contribution in [3.63, 3.8) is 0 Å². The first kappa shape index (κ1) is 9.38. The smallest absolute Gasteiger partial charge is 0.258 e. The van der Waals surface area contributed by atoms with Crippen LogP contribution in [-0.2, 0) is 4.79 Å². The largest absolute Gasteiger partial charge is 0.394 e. The van der Waals surface area contributed by atoms with Crippen LogP contribution in [0.1, 0.15) is 12.8 Å². The molecule has 1 aliphatic heterocycles. The maximum atomic E-state index is 13.4. The second-order valence-electron chi connectivity index (χ2n) is 2.96. The predicted molar refractivity (Wildman–Crippen MR) is 38.1 cm³/mol. The molecule has 1 amide bonds. The van der Waals surface area contributed by atoms with Gasteiger partial charge in [-0.3, -0.25) is 9.18 Å². The second-order valence-corrected chi connectivity index (χ2v) is 2.96. The standard InChI is InChI=1S/C7H11F2NO2/c8-2-1-7(9)3-5(4-11)10-6(7)12/h5,11H,1-4H2,(H,10,12)/t5-,7-/m0/s1. The highest BCUT2D eigenvalue weighted by Gasteiger charge is 2.46. The van der Waals surface area contributed by atoms with E-state index >= 15 is 0 Å². The summed E-state index contributed by atoms with van der Waals surface area (Å²) in [6.07, 6.45) is -0.554. The van der Waals surface area contributed by atoms with Crippen LogP contribution in [0.3, 0.4) is 0 Å². The Labute approximate surface area is 68.8 Å². The third-order valence-electron chi connectivity index (χ3n) is 2.02. The Morgan fingerprint density at radius 1 is 1.75 bits per heavy atom. The molecule has 0 bridgehead atoms. The SMILES string of the molecule is O=C1N[C@H](CO)C[C@@]1(F)CCF. The molecule has 1 aliphatic rings. The van der Waals surface area contributed by atoms with Crippen LogP contribution in [0.25, 0.3) is 0 Å². The molecule has 1 fully saturated rings. The average Bonchev–Trinajstić information content (AvgIpc) is 2.29. The molecule has 0 aromatic rings. The Bertz CT molecular complexity index is 188. The zero-order chi connectivity index (χ0) is 9.19. The zero-order valence-electron chi connectivity index (χ0n) is 6.52. The van der Waals surface area contributed by atoms with Gasteiger partial charge in [0.2, 0.25) is 0 Å². The van der Waals surface area contributed by atoms with Gasteiger partial charge >= 0.3 is 0 Å². The highest BCUT2D eigenvalue weighted by atomic mass is 19.1. The lowest BCUT2D eigenvalue weighted by molar-refractivity contribution is -0.129. The molecular weight excluding hydrogens is 168 g/mol. The van der Waals surface area contributed by atoms with Crippen molar-refractivity contribution in [2.24, 2.45) is 0 Å². The highest BCUT2D eigenvalue weighted by molar-refractivity contribution is 5.87. The summed E-state index contributed by atoms with van der Waals surface area (Å²) < 4.78 is 25.2. The van der Waals surface area contributed by atoms with Gasteiger partial charge in [-0.2, -0.15) is 0 Å². The first-order valence-corrected chi connectivity index (χ1v) is 3.79. The highest BCUT2D eigenvalue weighted by Crippen LogP contribution is 2.28. The van der Waals surface area contributed by atoms with Gasteiger partial charge in [-0.15, -0.1) is 0 Å². The van der Waals surface area contributed by atoms with Crippen LogP contribution in [0, 0.1) is 0 Å². The van der Waals surface area contributed by atoms with Crippen molar-refractivity contribution < 1.29 is 18.7 Å². The summed E-state index contributed by atoms with van der Waals surface area (Å²) in [5.74, 6) is -0.806.